The van der Waals surface area contributed by atoms with Crippen LogP contribution in [0.3, 0.4) is 0 Å². The zero-order valence-corrected chi connectivity index (χ0v) is 9.02. The first-order valence-corrected chi connectivity index (χ1v) is 5.53. The normalized spacial score (nSPS) is 21.5. The van der Waals surface area contributed by atoms with Crippen LogP contribution < -0.4 is 5.32 Å². The Labute approximate surface area is 91.6 Å². The van der Waals surface area contributed by atoms with Gasteiger partial charge in [0.15, 0.2) is 0 Å². The molecule has 1 saturated heterocycles. The number of anilines is 1. The van der Waals surface area contributed by atoms with Gasteiger partial charge in [0.1, 0.15) is 0 Å². The van der Waals surface area contributed by atoms with Crippen molar-refractivity contribution in [2.45, 2.75) is 12.5 Å². The molecule has 1 aromatic carbocycles. The summed E-state index contributed by atoms with van der Waals surface area (Å²) < 4.78 is 0. The maximum Gasteiger partial charge on any atom is 0.0400 e. The van der Waals surface area contributed by atoms with Crippen molar-refractivity contribution in [2.24, 2.45) is 0 Å². The van der Waals surface area contributed by atoms with Gasteiger partial charge in [-0.05, 0) is 18.6 Å². The third-order valence-electron chi connectivity index (χ3n) is 2.80. The van der Waals surface area contributed by atoms with E-state index in [2.05, 4.69) is 41.1 Å². The minimum Gasteiger partial charge on any atom is -0.381 e. The van der Waals surface area contributed by atoms with Crippen molar-refractivity contribution in [1.82, 2.24) is 4.90 Å². The second-order valence-corrected chi connectivity index (χ2v) is 4.04. The third kappa shape index (κ3) is 2.83. The first kappa shape index (κ1) is 10.2. The molecule has 0 aliphatic carbocycles. The molecule has 1 N–H and O–H groups in total. The lowest BCUT2D eigenvalue weighted by atomic mass is 10.2. The third-order valence-corrected chi connectivity index (χ3v) is 2.80. The molecule has 2 heteroatoms. The number of hydrogen-bond donors (Lipinski definition) is 1. The van der Waals surface area contributed by atoms with Crippen LogP contribution in [-0.2, 0) is 0 Å². The Kier molecular flexibility index (Phi) is 3.41. The van der Waals surface area contributed by atoms with Gasteiger partial charge >= 0.3 is 0 Å². The molecule has 15 heavy (non-hydrogen) atoms. The van der Waals surface area contributed by atoms with Gasteiger partial charge < -0.3 is 5.32 Å². The molecule has 0 aromatic heterocycles. The second kappa shape index (κ2) is 4.99. The number of nitrogens with one attached hydrogen (secondary N) is 1. The van der Waals surface area contributed by atoms with Crippen LogP contribution in [0.4, 0.5) is 5.69 Å². The Bertz CT molecular complexity index is 308. The van der Waals surface area contributed by atoms with E-state index < -0.39 is 0 Å². The van der Waals surface area contributed by atoms with Crippen LogP contribution in [0.2, 0.25) is 0 Å². The van der Waals surface area contributed by atoms with Gasteiger partial charge in [0.2, 0.25) is 0 Å². The largest absolute Gasteiger partial charge is 0.381 e. The Hall–Kier alpha value is -1.28. The molecule has 0 radical (unpaired) electrons. The monoisotopic (exact) mass is 202 g/mol. The van der Waals surface area contributed by atoms with E-state index >= 15 is 0 Å². The van der Waals surface area contributed by atoms with Gasteiger partial charge in [-0.2, -0.15) is 0 Å². The van der Waals surface area contributed by atoms with Gasteiger partial charge in [0.25, 0.3) is 0 Å². The van der Waals surface area contributed by atoms with Gasteiger partial charge in [-0.15, -0.1) is 6.58 Å². The molecule has 0 amide bonds. The van der Waals surface area contributed by atoms with E-state index in [1.54, 1.807) is 0 Å². The lowest BCUT2D eigenvalue weighted by Crippen LogP contribution is -2.26. The Morgan fingerprint density at radius 1 is 1.40 bits per heavy atom. The molecule has 0 saturated carbocycles. The average molecular weight is 202 g/mol. The van der Waals surface area contributed by atoms with Gasteiger partial charge in [0.05, 0.1) is 0 Å². The minimum atomic E-state index is 0.590. The fourth-order valence-corrected chi connectivity index (χ4v) is 2.07. The summed E-state index contributed by atoms with van der Waals surface area (Å²) in [5.74, 6) is 0. The maximum absolute atomic E-state index is 3.77. The topological polar surface area (TPSA) is 15.3 Å². The highest BCUT2D eigenvalue weighted by Crippen LogP contribution is 2.15. The molecular weight excluding hydrogens is 184 g/mol. The first-order chi connectivity index (χ1) is 7.38. The highest BCUT2D eigenvalue weighted by atomic mass is 15.2. The van der Waals surface area contributed by atoms with Crippen molar-refractivity contribution in [3.05, 3.63) is 43.0 Å². The first-order valence-electron chi connectivity index (χ1n) is 5.53. The fraction of sp³-hybridized carbons (Fsp3) is 0.385. The molecule has 2 nitrogen and oxygen atoms in total. The van der Waals surface area contributed by atoms with Crippen LogP contribution in [0, 0.1) is 0 Å². The Morgan fingerprint density at radius 2 is 2.20 bits per heavy atom. The van der Waals surface area contributed by atoms with E-state index in [9.17, 15) is 0 Å². The van der Waals surface area contributed by atoms with Crippen molar-refractivity contribution < 1.29 is 0 Å². The van der Waals surface area contributed by atoms with Gasteiger partial charge in [0, 0.05) is 31.4 Å². The second-order valence-electron chi connectivity index (χ2n) is 4.04. The molecule has 1 aromatic rings. The zero-order chi connectivity index (χ0) is 10.5. The molecule has 80 valence electrons. The van der Waals surface area contributed by atoms with Crippen molar-refractivity contribution in [3.63, 3.8) is 0 Å². The summed E-state index contributed by atoms with van der Waals surface area (Å²) in [6, 6.07) is 11.0. The van der Waals surface area contributed by atoms with E-state index in [1.807, 2.05) is 12.1 Å². The SMILES string of the molecule is C=CCN1CCC(Nc2ccccc2)C1. The van der Waals surface area contributed by atoms with E-state index in [4.69, 9.17) is 0 Å². The van der Waals surface area contributed by atoms with Crippen molar-refractivity contribution in [3.8, 4) is 0 Å². The average Bonchev–Trinajstić information content (AvgIpc) is 2.68. The molecule has 1 aliphatic rings. The van der Waals surface area contributed by atoms with Crippen LogP contribution in [-0.4, -0.2) is 30.6 Å². The smallest absolute Gasteiger partial charge is 0.0400 e. The summed E-state index contributed by atoms with van der Waals surface area (Å²) in [5, 5.41) is 3.55. The highest BCUT2D eigenvalue weighted by molar-refractivity contribution is 5.43. The number of rotatable bonds is 4. The fourth-order valence-electron chi connectivity index (χ4n) is 2.07. The Morgan fingerprint density at radius 3 is 2.93 bits per heavy atom. The van der Waals surface area contributed by atoms with Crippen molar-refractivity contribution in [2.75, 3.05) is 25.0 Å². The maximum atomic E-state index is 3.77. The van der Waals surface area contributed by atoms with Gasteiger partial charge in [-0.3, -0.25) is 4.90 Å². The van der Waals surface area contributed by atoms with Crippen LogP contribution in [0.15, 0.2) is 43.0 Å². The summed E-state index contributed by atoms with van der Waals surface area (Å²) in [7, 11) is 0. The quantitative estimate of drug-likeness (QED) is 0.754. The predicted molar refractivity (Wildman–Crippen MR) is 65.1 cm³/mol. The standard InChI is InChI=1S/C13H18N2/c1-2-9-15-10-8-13(11-15)14-12-6-4-3-5-7-12/h2-7,13-14H,1,8-11H2. The number of nitrogens with zero attached hydrogens (tertiary/aromatic N) is 1. The molecule has 1 atom stereocenters. The van der Waals surface area contributed by atoms with Gasteiger partial charge in [-0.25, -0.2) is 0 Å². The Balaban J connectivity index is 1.85. The summed E-state index contributed by atoms with van der Waals surface area (Å²) in [4.78, 5) is 2.42. The minimum absolute atomic E-state index is 0.590. The highest BCUT2D eigenvalue weighted by Gasteiger charge is 2.20. The molecule has 0 spiro atoms. The molecular formula is C13H18N2. The summed E-state index contributed by atoms with van der Waals surface area (Å²) in [6.45, 7) is 7.08. The van der Waals surface area contributed by atoms with E-state index in [-0.39, 0.29) is 0 Å². The molecule has 1 heterocycles. The van der Waals surface area contributed by atoms with E-state index in [1.165, 1.54) is 18.7 Å². The summed E-state index contributed by atoms with van der Waals surface area (Å²) in [5.41, 5.74) is 1.22. The van der Waals surface area contributed by atoms with Crippen LogP contribution in [0.5, 0.6) is 0 Å². The predicted octanol–water partition coefficient (Wildman–Crippen LogP) is 2.36. The van der Waals surface area contributed by atoms with Crippen LogP contribution in [0.1, 0.15) is 6.42 Å². The number of benzene rings is 1. The number of likely N-dealkylation sites (tertiary alicyclic amines) is 1. The summed E-state index contributed by atoms with van der Waals surface area (Å²) >= 11 is 0. The van der Waals surface area contributed by atoms with Crippen LogP contribution >= 0.6 is 0 Å². The molecule has 1 unspecified atom stereocenters. The van der Waals surface area contributed by atoms with Crippen molar-refractivity contribution >= 4 is 5.69 Å². The molecule has 1 fully saturated rings. The molecule has 2 rings (SSSR count). The van der Waals surface area contributed by atoms with E-state index in [0.29, 0.717) is 6.04 Å². The van der Waals surface area contributed by atoms with Crippen LogP contribution in [0.25, 0.3) is 0 Å². The zero-order valence-electron chi connectivity index (χ0n) is 9.02. The lowest BCUT2D eigenvalue weighted by molar-refractivity contribution is 0.374. The lowest BCUT2D eigenvalue weighted by Gasteiger charge is -2.15. The number of hydrogen-bond acceptors (Lipinski definition) is 2. The molecule has 0 bridgehead atoms. The van der Waals surface area contributed by atoms with Crippen molar-refractivity contribution in [1.29, 1.82) is 0 Å². The summed E-state index contributed by atoms with van der Waals surface area (Å²) in [6.07, 6.45) is 3.20. The molecule has 1 aliphatic heterocycles. The number of para-hydroxylation sites is 1. The van der Waals surface area contributed by atoms with Gasteiger partial charge in [-0.1, -0.05) is 24.3 Å². The van der Waals surface area contributed by atoms with E-state index in [0.717, 1.165) is 13.1 Å².